The van der Waals surface area contributed by atoms with Gasteiger partial charge in [-0.05, 0) is 12.3 Å². The van der Waals surface area contributed by atoms with Crippen LogP contribution in [0.15, 0.2) is 12.7 Å². The molecule has 0 radical (unpaired) electrons. The van der Waals surface area contributed by atoms with E-state index in [-0.39, 0.29) is 42.8 Å². The van der Waals surface area contributed by atoms with Crippen LogP contribution >= 0.6 is 0 Å². The molecule has 1 rings (SSSR count). The van der Waals surface area contributed by atoms with Crippen molar-refractivity contribution in [3.05, 3.63) is 12.7 Å². The molecule has 1 unspecified atom stereocenters. The molecule has 0 aromatic heterocycles. The largest absolute Gasteiger partial charge is 0.480 e. The van der Waals surface area contributed by atoms with E-state index in [0.29, 0.717) is 6.42 Å². The predicted molar refractivity (Wildman–Crippen MR) is 65.8 cm³/mol. The first-order valence-electron chi connectivity index (χ1n) is 5.65. The molecule has 0 spiro atoms. The average molecular weight is 275 g/mol. The van der Waals surface area contributed by atoms with Gasteiger partial charge in [0.05, 0.1) is 11.5 Å². The van der Waals surface area contributed by atoms with E-state index < -0.39 is 15.8 Å². The minimum absolute atomic E-state index is 0.0216. The van der Waals surface area contributed by atoms with Gasteiger partial charge in [-0.2, -0.15) is 0 Å². The second-order valence-electron chi connectivity index (χ2n) is 4.43. The third-order valence-corrected chi connectivity index (χ3v) is 4.66. The fourth-order valence-electron chi connectivity index (χ4n) is 1.98. The van der Waals surface area contributed by atoms with Gasteiger partial charge in [-0.3, -0.25) is 9.59 Å². The molecule has 102 valence electrons. The summed E-state index contributed by atoms with van der Waals surface area (Å²) in [4.78, 5) is 23.6. The molecule has 1 aliphatic heterocycles. The molecule has 0 aliphatic carbocycles. The maximum atomic E-state index is 11.9. The Hall–Kier alpha value is -1.37. The highest BCUT2D eigenvalue weighted by atomic mass is 32.2. The first-order valence-corrected chi connectivity index (χ1v) is 7.47. The van der Waals surface area contributed by atoms with E-state index in [0.717, 1.165) is 0 Å². The quantitative estimate of drug-likeness (QED) is 0.684. The fourth-order valence-corrected chi connectivity index (χ4v) is 3.84. The predicted octanol–water partition coefficient (Wildman–Crippen LogP) is -0.0896. The molecule has 0 bridgehead atoms. The maximum Gasteiger partial charge on any atom is 0.323 e. The van der Waals surface area contributed by atoms with E-state index in [4.69, 9.17) is 5.11 Å². The van der Waals surface area contributed by atoms with E-state index in [2.05, 4.69) is 6.58 Å². The molecule has 18 heavy (non-hydrogen) atoms. The monoisotopic (exact) mass is 275 g/mol. The lowest BCUT2D eigenvalue weighted by molar-refractivity contribution is -0.144. The third-order valence-electron chi connectivity index (χ3n) is 2.82. The summed E-state index contributed by atoms with van der Waals surface area (Å²) in [7, 11) is -3.01. The van der Waals surface area contributed by atoms with E-state index in [1.54, 1.807) is 0 Å². The summed E-state index contributed by atoms with van der Waals surface area (Å²) in [6.07, 6.45) is 2.01. The molecule has 1 atom stereocenters. The Bertz CT molecular complexity index is 442. The average Bonchev–Trinajstić information content (AvgIpc) is 2.56. The van der Waals surface area contributed by atoms with Crippen molar-refractivity contribution in [1.29, 1.82) is 0 Å². The topological polar surface area (TPSA) is 91.8 Å². The van der Waals surface area contributed by atoms with Crippen molar-refractivity contribution in [3.8, 4) is 0 Å². The molecule has 1 saturated heterocycles. The summed E-state index contributed by atoms with van der Waals surface area (Å²) in [5.74, 6) is -1.48. The van der Waals surface area contributed by atoms with Crippen molar-refractivity contribution in [2.75, 3.05) is 24.6 Å². The van der Waals surface area contributed by atoms with Crippen molar-refractivity contribution < 1.29 is 23.1 Å². The molecule has 0 aromatic carbocycles. The summed E-state index contributed by atoms with van der Waals surface area (Å²) in [6, 6.07) is 0. The number of amides is 1. The number of sulfone groups is 1. The number of aliphatic carboxylic acids is 1. The highest BCUT2D eigenvalue weighted by molar-refractivity contribution is 7.91. The number of hydrogen-bond acceptors (Lipinski definition) is 4. The van der Waals surface area contributed by atoms with Gasteiger partial charge in [0, 0.05) is 13.0 Å². The third kappa shape index (κ3) is 4.48. The lowest BCUT2D eigenvalue weighted by atomic mass is 10.0. The molecular weight excluding hydrogens is 258 g/mol. The van der Waals surface area contributed by atoms with Crippen molar-refractivity contribution in [2.24, 2.45) is 5.92 Å². The second-order valence-corrected chi connectivity index (χ2v) is 6.66. The molecule has 0 aromatic rings. The van der Waals surface area contributed by atoms with E-state index in [1.807, 2.05) is 0 Å². The lowest BCUT2D eigenvalue weighted by Crippen LogP contribution is -2.36. The Kier molecular flexibility index (Phi) is 4.89. The molecule has 1 N–H and O–H groups in total. The van der Waals surface area contributed by atoms with Gasteiger partial charge in [0.15, 0.2) is 9.84 Å². The van der Waals surface area contributed by atoms with Crippen LogP contribution in [0.2, 0.25) is 0 Å². The summed E-state index contributed by atoms with van der Waals surface area (Å²) in [6.45, 7) is 3.24. The van der Waals surface area contributed by atoms with Crippen LogP contribution in [0.4, 0.5) is 0 Å². The van der Waals surface area contributed by atoms with Crippen molar-refractivity contribution >= 4 is 21.7 Å². The molecule has 6 nitrogen and oxygen atoms in total. The molecule has 1 amide bonds. The number of rotatable bonds is 6. The zero-order valence-electron chi connectivity index (χ0n) is 10.0. The van der Waals surface area contributed by atoms with Gasteiger partial charge in [-0.15, -0.1) is 6.58 Å². The molecule has 1 aliphatic rings. The Labute approximate surface area is 106 Å². The molecular formula is C11H17NO5S. The second kappa shape index (κ2) is 5.99. The Balaban J connectivity index is 2.56. The number of carboxylic acid groups (broad SMARTS) is 1. The Morgan fingerprint density at radius 2 is 2.11 bits per heavy atom. The molecule has 1 heterocycles. The van der Waals surface area contributed by atoms with E-state index in [1.165, 1.54) is 11.0 Å². The molecule has 7 heteroatoms. The highest BCUT2D eigenvalue weighted by Crippen LogP contribution is 2.22. The highest BCUT2D eigenvalue weighted by Gasteiger charge is 2.30. The van der Waals surface area contributed by atoms with Crippen LogP contribution in [0, 0.1) is 5.92 Å². The van der Waals surface area contributed by atoms with Crippen LogP contribution in [0.5, 0.6) is 0 Å². The van der Waals surface area contributed by atoms with E-state index >= 15 is 0 Å². The normalized spacial score (nSPS) is 21.4. The zero-order chi connectivity index (χ0) is 13.8. The lowest BCUT2D eigenvalue weighted by Gasteiger charge is -2.20. The minimum Gasteiger partial charge on any atom is -0.480 e. The van der Waals surface area contributed by atoms with Gasteiger partial charge in [0.25, 0.3) is 0 Å². The van der Waals surface area contributed by atoms with Gasteiger partial charge < -0.3 is 10.0 Å². The number of carbonyl (C=O) groups is 2. The summed E-state index contributed by atoms with van der Waals surface area (Å²) < 4.78 is 22.5. The molecule has 0 saturated carbocycles. The van der Waals surface area contributed by atoms with Crippen LogP contribution < -0.4 is 0 Å². The van der Waals surface area contributed by atoms with Crippen LogP contribution in [0.25, 0.3) is 0 Å². The standard InChI is InChI=1S/C11H17NO5S/c1-2-4-12(7-11(14)15)10(13)6-9-3-5-18(16,17)8-9/h2,9H,1,3-8H2,(H,14,15). The number of carbonyl (C=O) groups excluding carboxylic acids is 1. The van der Waals surface area contributed by atoms with Crippen LogP contribution in [0.3, 0.4) is 0 Å². The fraction of sp³-hybridized carbons (Fsp3) is 0.636. The van der Waals surface area contributed by atoms with Crippen LogP contribution in [-0.4, -0.2) is 54.9 Å². The first-order chi connectivity index (χ1) is 8.34. The van der Waals surface area contributed by atoms with Crippen LogP contribution in [-0.2, 0) is 19.4 Å². The van der Waals surface area contributed by atoms with Gasteiger partial charge in [-0.1, -0.05) is 6.08 Å². The minimum atomic E-state index is -3.01. The molecule has 1 fully saturated rings. The van der Waals surface area contributed by atoms with Crippen LogP contribution in [0.1, 0.15) is 12.8 Å². The van der Waals surface area contributed by atoms with Crippen molar-refractivity contribution in [3.63, 3.8) is 0 Å². The van der Waals surface area contributed by atoms with Crippen molar-refractivity contribution in [2.45, 2.75) is 12.8 Å². The number of carboxylic acids is 1. The first kappa shape index (κ1) is 14.7. The van der Waals surface area contributed by atoms with Crippen molar-refractivity contribution in [1.82, 2.24) is 4.90 Å². The van der Waals surface area contributed by atoms with Gasteiger partial charge in [0.1, 0.15) is 6.54 Å². The Morgan fingerprint density at radius 1 is 1.44 bits per heavy atom. The summed E-state index contributed by atoms with van der Waals surface area (Å²) in [5, 5.41) is 8.68. The number of hydrogen-bond donors (Lipinski definition) is 1. The van der Waals surface area contributed by atoms with E-state index in [9.17, 15) is 18.0 Å². The Morgan fingerprint density at radius 3 is 2.56 bits per heavy atom. The SMILES string of the molecule is C=CCN(CC(=O)O)C(=O)CC1CCS(=O)(=O)C1. The van der Waals surface area contributed by atoms with Gasteiger partial charge in [0.2, 0.25) is 5.91 Å². The number of nitrogens with zero attached hydrogens (tertiary/aromatic N) is 1. The summed E-state index contributed by atoms with van der Waals surface area (Å²) in [5.41, 5.74) is 0. The van der Waals surface area contributed by atoms with Gasteiger partial charge >= 0.3 is 5.97 Å². The van der Waals surface area contributed by atoms with Gasteiger partial charge in [-0.25, -0.2) is 8.42 Å². The maximum absolute atomic E-state index is 11.9. The summed E-state index contributed by atoms with van der Waals surface area (Å²) >= 11 is 0. The smallest absolute Gasteiger partial charge is 0.323 e. The zero-order valence-corrected chi connectivity index (χ0v) is 10.9.